The maximum absolute atomic E-state index is 11.5. The second-order valence-corrected chi connectivity index (χ2v) is 2.89. The lowest BCUT2D eigenvalue weighted by Crippen LogP contribution is -2.18. The summed E-state index contributed by atoms with van der Waals surface area (Å²) in [6.45, 7) is 0.320. The van der Waals surface area contributed by atoms with E-state index in [-0.39, 0.29) is 0 Å². The second-order valence-electron chi connectivity index (χ2n) is 2.40. The molecular weight excluding hydrogens is 189 g/mol. The molecule has 0 radical (unpaired) electrons. The van der Waals surface area contributed by atoms with Crippen LogP contribution in [-0.4, -0.2) is 11.4 Å². The number of hydrogen-bond acceptors (Lipinski definition) is 3. The lowest BCUT2D eigenvalue weighted by Gasteiger charge is -2.11. The number of thiocarbonyl (C=S) groups is 1. The molecule has 0 heterocycles. The van der Waals surface area contributed by atoms with E-state index >= 15 is 0 Å². The summed E-state index contributed by atoms with van der Waals surface area (Å²) in [6.07, 6.45) is 8.10. The van der Waals surface area contributed by atoms with Gasteiger partial charge < -0.3 is 4.84 Å². The number of hydrogen-bond donors (Lipinski definition) is 1. The van der Waals surface area contributed by atoms with Crippen LogP contribution >= 0.6 is 12.2 Å². The standard InChI is InChI=1S/C9H10FNOS/c10-6-3-7-11-12-8-4-1-2-5-9(8)13/h1-4,6,11H,5,7H2. The first-order chi connectivity index (χ1) is 6.34. The van der Waals surface area contributed by atoms with Crippen LogP contribution in [0.25, 0.3) is 0 Å². The van der Waals surface area contributed by atoms with Crippen molar-refractivity contribution in [2.24, 2.45) is 0 Å². The molecule has 1 rings (SSSR count). The van der Waals surface area contributed by atoms with Gasteiger partial charge in [0.25, 0.3) is 0 Å². The average molecular weight is 199 g/mol. The largest absolute Gasteiger partial charge is 0.407 e. The van der Waals surface area contributed by atoms with Gasteiger partial charge >= 0.3 is 0 Å². The van der Waals surface area contributed by atoms with Crippen molar-refractivity contribution in [1.82, 2.24) is 5.48 Å². The first-order valence-electron chi connectivity index (χ1n) is 3.89. The van der Waals surface area contributed by atoms with Crippen LogP contribution in [0.1, 0.15) is 6.42 Å². The van der Waals surface area contributed by atoms with E-state index in [4.69, 9.17) is 17.1 Å². The average Bonchev–Trinajstić information content (AvgIpc) is 2.15. The summed E-state index contributed by atoms with van der Waals surface area (Å²) in [5.74, 6) is 0.629. The van der Waals surface area contributed by atoms with Crippen molar-refractivity contribution in [1.29, 1.82) is 0 Å². The number of halogens is 1. The van der Waals surface area contributed by atoms with Gasteiger partial charge in [0.1, 0.15) is 0 Å². The fourth-order valence-corrected chi connectivity index (χ4v) is 1.03. The van der Waals surface area contributed by atoms with Crippen molar-refractivity contribution in [3.8, 4) is 0 Å². The Morgan fingerprint density at radius 3 is 3.23 bits per heavy atom. The highest BCUT2D eigenvalue weighted by molar-refractivity contribution is 7.80. The summed E-state index contributed by atoms with van der Waals surface area (Å²) in [4.78, 5) is 5.85. The van der Waals surface area contributed by atoms with Gasteiger partial charge in [-0.1, -0.05) is 24.4 Å². The van der Waals surface area contributed by atoms with Gasteiger partial charge in [-0.05, 0) is 12.2 Å². The lowest BCUT2D eigenvalue weighted by atomic mass is 10.2. The van der Waals surface area contributed by atoms with Gasteiger partial charge in [-0.2, -0.15) is 5.48 Å². The number of nitrogens with one attached hydrogen (secondary N) is 1. The van der Waals surface area contributed by atoms with E-state index in [0.29, 0.717) is 18.6 Å². The molecule has 0 aromatic rings. The van der Waals surface area contributed by atoms with E-state index in [0.717, 1.165) is 11.3 Å². The van der Waals surface area contributed by atoms with Crippen molar-refractivity contribution in [3.63, 3.8) is 0 Å². The predicted molar refractivity (Wildman–Crippen MR) is 53.8 cm³/mol. The molecule has 0 amide bonds. The van der Waals surface area contributed by atoms with Gasteiger partial charge in [-0.15, -0.1) is 0 Å². The minimum absolute atomic E-state index is 0.320. The van der Waals surface area contributed by atoms with Crippen LogP contribution < -0.4 is 5.48 Å². The summed E-state index contributed by atoms with van der Waals surface area (Å²) in [5.41, 5.74) is 2.57. The zero-order valence-corrected chi connectivity index (χ0v) is 7.81. The summed E-state index contributed by atoms with van der Waals surface area (Å²) in [7, 11) is 0. The number of rotatable bonds is 4. The Bertz CT molecular complexity index is 271. The van der Waals surface area contributed by atoms with Crippen LogP contribution in [0.15, 0.2) is 36.4 Å². The molecule has 70 valence electrons. The van der Waals surface area contributed by atoms with Crippen LogP contribution in [0.5, 0.6) is 0 Å². The molecule has 1 aliphatic carbocycles. The molecule has 0 saturated carbocycles. The molecule has 1 aliphatic rings. The Hall–Kier alpha value is -1.00. The highest BCUT2D eigenvalue weighted by atomic mass is 32.1. The molecule has 4 heteroatoms. The molecule has 0 saturated heterocycles. The lowest BCUT2D eigenvalue weighted by molar-refractivity contribution is 0.130. The molecule has 13 heavy (non-hydrogen) atoms. The minimum Gasteiger partial charge on any atom is -0.407 e. The molecule has 0 fully saturated rings. The van der Waals surface area contributed by atoms with Crippen molar-refractivity contribution >= 4 is 17.1 Å². The van der Waals surface area contributed by atoms with Crippen molar-refractivity contribution in [2.45, 2.75) is 6.42 Å². The molecule has 0 aliphatic heterocycles. The Balaban J connectivity index is 2.31. The molecule has 0 spiro atoms. The van der Waals surface area contributed by atoms with Crippen molar-refractivity contribution in [2.75, 3.05) is 6.54 Å². The zero-order chi connectivity index (χ0) is 9.52. The smallest absolute Gasteiger partial charge is 0.161 e. The summed E-state index contributed by atoms with van der Waals surface area (Å²) < 4.78 is 11.5. The molecule has 0 unspecified atom stereocenters. The Morgan fingerprint density at radius 1 is 1.69 bits per heavy atom. The van der Waals surface area contributed by atoms with Crippen molar-refractivity contribution in [3.05, 3.63) is 36.4 Å². The maximum atomic E-state index is 11.5. The van der Waals surface area contributed by atoms with E-state index in [9.17, 15) is 4.39 Å². The molecule has 2 nitrogen and oxygen atoms in total. The van der Waals surface area contributed by atoms with Crippen LogP contribution in [0.2, 0.25) is 0 Å². The highest BCUT2D eigenvalue weighted by Gasteiger charge is 2.06. The Kier molecular flexibility index (Phi) is 4.35. The van der Waals surface area contributed by atoms with E-state index < -0.39 is 0 Å². The third-order valence-electron chi connectivity index (χ3n) is 1.43. The topological polar surface area (TPSA) is 21.3 Å². The molecule has 0 bridgehead atoms. The minimum atomic E-state index is 0.320. The fraction of sp³-hybridized carbons (Fsp3) is 0.222. The third-order valence-corrected chi connectivity index (χ3v) is 1.80. The quantitative estimate of drug-likeness (QED) is 0.426. The highest BCUT2D eigenvalue weighted by Crippen LogP contribution is 2.09. The van der Waals surface area contributed by atoms with Crippen LogP contribution in [0.4, 0.5) is 4.39 Å². The molecule has 1 N–H and O–H groups in total. The van der Waals surface area contributed by atoms with Gasteiger partial charge in [0.05, 0.1) is 17.7 Å². The predicted octanol–water partition coefficient (Wildman–Crippen LogP) is 2.20. The monoisotopic (exact) mass is 199 g/mol. The van der Waals surface area contributed by atoms with E-state index in [1.54, 1.807) is 6.08 Å². The first-order valence-corrected chi connectivity index (χ1v) is 4.30. The van der Waals surface area contributed by atoms with Gasteiger partial charge in [0.15, 0.2) is 5.76 Å². The van der Waals surface area contributed by atoms with E-state index in [1.165, 1.54) is 6.08 Å². The molecule has 0 aromatic carbocycles. The van der Waals surface area contributed by atoms with Crippen LogP contribution in [0, 0.1) is 0 Å². The van der Waals surface area contributed by atoms with Gasteiger partial charge in [-0.3, -0.25) is 0 Å². The number of allylic oxidation sites excluding steroid dienone is 4. The Morgan fingerprint density at radius 2 is 2.54 bits per heavy atom. The van der Waals surface area contributed by atoms with Gasteiger partial charge in [-0.25, -0.2) is 4.39 Å². The second kappa shape index (κ2) is 5.61. The van der Waals surface area contributed by atoms with Crippen LogP contribution in [0.3, 0.4) is 0 Å². The normalized spacial score (nSPS) is 16.4. The first kappa shape index (κ1) is 10.1. The van der Waals surface area contributed by atoms with Gasteiger partial charge in [0, 0.05) is 6.42 Å². The molecular formula is C9H10FNOS. The molecule has 0 atom stereocenters. The maximum Gasteiger partial charge on any atom is 0.161 e. The summed E-state index contributed by atoms with van der Waals surface area (Å²) in [6, 6.07) is 0. The third kappa shape index (κ3) is 3.48. The number of hydroxylamine groups is 1. The summed E-state index contributed by atoms with van der Waals surface area (Å²) >= 11 is 5.03. The fourth-order valence-electron chi connectivity index (χ4n) is 0.827. The van der Waals surface area contributed by atoms with Crippen LogP contribution in [-0.2, 0) is 4.84 Å². The summed E-state index contributed by atoms with van der Waals surface area (Å²) in [5, 5.41) is 0. The van der Waals surface area contributed by atoms with E-state index in [2.05, 4.69) is 5.48 Å². The van der Waals surface area contributed by atoms with E-state index in [1.807, 2.05) is 12.2 Å². The zero-order valence-electron chi connectivity index (χ0n) is 7.00. The molecule has 0 aromatic heterocycles. The van der Waals surface area contributed by atoms with Crippen molar-refractivity contribution < 1.29 is 9.23 Å². The van der Waals surface area contributed by atoms with Gasteiger partial charge in [0.2, 0.25) is 0 Å². The SMILES string of the molecule is FC=CCNOC1=CC=CCC1=S. The Labute approximate surface area is 81.7 Å².